The number of amides is 1. The molecule has 1 heterocycles. The van der Waals surface area contributed by atoms with Gasteiger partial charge in [-0.1, -0.05) is 30.3 Å². The SMILES string of the molecule is CN(Cc1ccccc1)C1CN(C(=O)O)CCC1O. The van der Waals surface area contributed by atoms with Gasteiger partial charge in [-0.05, 0) is 19.0 Å². The first-order valence-electron chi connectivity index (χ1n) is 6.48. The Balaban J connectivity index is 2.00. The molecule has 1 saturated heterocycles. The fourth-order valence-electron chi connectivity index (χ4n) is 2.51. The van der Waals surface area contributed by atoms with Crippen molar-refractivity contribution in [3.63, 3.8) is 0 Å². The number of carboxylic acid groups (broad SMARTS) is 1. The highest BCUT2D eigenvalue weighted by Crippen LogP contribution is 2.17. The topological polar surface area (TPSA) is 64.0 Å². The Labute approximate surface area is 113 Å². The lowest BCUT2D eigenvalue weighted by molar-refractivity contribution is -0.000157. The van der Waals surface area contributed by atoms with Crippen LogP contribution in [0.1, 0.15) is 12.0 Å². The molecular formula is C14H20N2O3. The predicted molar refractivity (Wildman–Crippen MR) is 71.9 cm³/mol. The van der Waals surface area contributed by atoms with E-state index in [1.165, 1.54) is 4.90 Å². The van der Waals surface area contributed by atoms with E-state index in [-0.39, 0.29) is 6.04 Å². The molecule has 0 saturated carbocycles. The molecule has 2 unspecified atom stereocenters. The maximum Gasteiger partial charge on any atom is 0.407 e. The third-order valence-electron chi connectivity index (χ3n) is 3.66. The van der Waals surface area contributed by atoms with Crippen molar-refractivity contribution in [2.24, 2.45) is 0 Å². The number of likely N-dealkylation sites (tertiary alicyclic amines) is 1. The average Bonchev–Trinajstić information content (AvgIpc) is 2.40. The number of rotatable bonds is 3. The third kappa shape index (κ3) is 3.45. The molecule has 2 atom stereocenters. The normalized spacial score (nSPS) is 23.6. The molecule has 1 aliphatic rings. The van der Waals surface area contributed by atoms with Crippen molar-refractivity contribution in [2.75, 3.05) is 20.1 Å². The Morgan fingerprint density at radius 3 is 2.74 bits per heavy atom. The molecular weight excluding hydrogens is 244 g/mol. The zero-order valence-corrected chi connectivity index (χ0v) is 11.1. The van der Waals surface area contributed by atoms with Crippen LogP contribution in [0.3, 0.4) is 0 Å². The Kier molecular flexibility index (Phi) is 4.39. The van der Waals surface area contributed by atoms with E-state index in [9.17, 15) is 9.90 Å². The van der Waals surface area contributed by atoms with Gasteiger partial charge >= 0.3 is 6.09 Å². The van der Waals surface area contributed by atoms with Crippen molar-refractivity contribution in [2.45, 2.75) is 25.1 Å². The summed E-state index contributed by atoms with van der Waals surface area (Å²) in [5.41, 5.74) is 1.16. The van der Waals surface area contributed by atoms with Crippen LogP contribution in [0.15, 0.2) is 30.3 Å². The molecule has 5 heteroatoms. The molecule has 0 aliphatic carbocycles. The van der Waals surface area contributed by atoms with Crippen LogP contribution >= 0.6 is 0 Å². The van der Waals surface area contributed by atoms with Gasteiger partial charge in [0.1, 0.15) is 0 Å². The molecule has 0 bridgehead atoms. The molecule has 1 aromatic rings. The van der Waals surface area contributed by atoms with Crippen molar-refractivity contribution >= 4 is 6.09 Å². The molecule has 0 radical (unpaired) electrons. The number of carbonyl (C=O) groups is 1. The molecule has 2 N–H and O–H groups in total. The van der Waals surface area contributed by atoms with Gasteiger partial charge in [0.05, 0.1) is 12.1 Å². The molecule has 104 valence electrons. The zero-order chi connectivity index (χ0) is 13.8. The van der Waals surface area contributed by atoms with Crippen molar-refractivity contribution in [3.05, 3.63) is 35.9 Å². The van der Waals surface area contributed by atoms with E-state index in [1.807, 2.05) is 42.3 Å². The Bertz CT molecular complexity index is 424. The largest absolute Gasteiger partial charge is 0.465 e. The average molecular weight is 264 g/mol. The highest BCUT2D eigenvalue weighted by molar-refractivity contribution is 5.65. The smallest absolute Gasteiger partial charge is 0.407 e. The van der Waals surface area contributed by atoms with Gasteiger partial charge in [-0.15, -0.1) is 0 Å². The highest BCUT2D eigenvalue weighted by atomic mass is 16.4. The number of nitrogens with zero attached hydrogens (tertiary/aromatic N) is 2. The second kappa shape index (κ2) is 6.04. The van der Waals surface area contributed by atoms with Gasteiger partial charge < -0.3 is 15.1 Å². The van der Waals surface area contributed by atoms with Gasteiger partial charge in [-0.2, -0.15) is 0 Å². The predicted octanol–water partition coefficient (Wildman–Crippen LogP) is 1.23. The summed E-state index contributed by atoms with van der Waals surface area (Å²) in [6.07, 6.45) is -0.884. The van der Waals surface area contributed by atoms with E-state index in [4.69, 9.17) is 5.11 Å². The molecule has 19 heavy (non-hydrogen) atoms. The van der Waals surface area contributed by atoms with Crippen LogP contribution in [-0.2, 0) is 6.54 Å². The second-order valence-electron chi connectivity index (χ2n) is 5.05. The monoisotopic (exact) mass is 264 g/mol. The second-order valence-corrected chi connectivity index (χ2v) is 5.05. The number of aliphatic hydroxyl groups is 1. The van der Waals surface area contributed by atoms with Gasteiger partial charge in [0, 0.05) is 19.6 Å². The number of aliphatic hydroxyl groups excluding tert-OH is 1. The van der Waals surface area contributed by atoms with Crippen molar-refractivity contribution in [1.29, 1.82) is 0 Å². The van der Waals surface area contributed by atoms with Gasteiger partial charge in [0.2, 0.25) is 0 Å². The van der Waals surface area contributed by atoms with Crippen LogP contribution < -0.4 is 0 Å². The lowest BCUT2D eigenvalue weighted by Crippen LogP contribution is -2.55. The highest BCUT2D eigenvalue weighted by Gasteiger charge is 2.32. The Morgan fingerprint density at radius 1 is 1.42 bits per heavy atom. The van der Waals surface area contributed by atoms with E-state index < -0.39 is 12.2 Å². The number of hydrogen-bond acceptors (Lipinski definition) is 3. The summed E-state index contributed by atoms with van der Waals surface area (Å²) in [5, 5.41) is 19.1. The number of piperidine rings is 1. The lowest BCUT2D eigenvalue weighted by atomic mass is 10.0. The van der Waals surface area contributed by atoms with Crippen molar-refractivity contribution < 1.29 is 15.0 Å². The summed E-state index contributed by atoms with van der Waals surface area (Å²) < 4.78 is 0. The standard InChI is InChI=1S/C14H20N2O3/c1-15(9-11-5-3-2-4-6-11)12-10-16(14(18)19)8-7-13(12)17/h2-6,12-13,17H,7-10H2,1H3,(H,18,19). The lowest BCUT2D eigenvalue weighted by Gasteiger charge is -2.39. The minimum Gasteiger partial charge on any atom is -0.465 e. The summed E-state index contributed by atoms with van der Waals surface area (Å²) in [6.45, 7) is 1.47. The zero-order valence-electron chi connectivity index (χ0n) is 11.1. The molecule has 1 aliphatic heterocycles. The summed E-state index contributed by atoms with van der Waals surface area (Å²) in [4.78, 5) is 14.4. The van der Waals surface area contributed by atoms with E-state index in [1.54, 1.807) is 0 Å². The van der Waals surface area contributed by atoms with Crippen molar-refractivity contribution in [3.8, 4) is 0 Å². The van der Waals surface area contributed by atoms with Gasteiger partial charge in [-0.3, -0.25) is 4.90 Å². The first-order chi connectivity index (χ1) is 9.08. The summed E-state index contributed by atoms with van der Waals surface area (Å²) in [5.74, 6) is 0. The summed E-state index contributed by atoms with van der Waals surface area (Å²) in [7, 11) is 1.92. The molecule has 1 amide bonds. The maximum absolute atomic E-state index is 11.0. The van der Waals surface area contributed by atoms with Crippen molar-refractivity contribution in [1.82, 2.24) is 9.80 Å². The van der Waals surface area contributed by atoms with E-state index in [0.717, 1.165) is 5.56 Å². The van der Waals surface area contributed by atoms with Crippen LogP contribution in [0, 0.1) is 0 Å². The summed E-state index contributed by atoms with van der Waals surface area (Å²) in [6, 6.07) is 9.82. The third-order valence-corrected chi connectivity index (χ3v) is 3.66. The number of hydrogen-bond donors (Lipinski definition) is 2. The van der Waals surface area contributed by atoms with Gasteiger partial charge in [-0.25, -0.2) is 4.79 Å². The number of likely N-dealkylation sites (N-methyl/N-ethyl adjacent to an activating group) is 1. The van der Waals surface area contributed by atoms with Crippen LogP contribution in [-0.4, -0.2) is 58.4 Å². The Hall–Kier alpha value is -1.59. The Morgan fingerprint density at radius 2 is 2.11 bits per heavy atom. The van der Waals surface area contributed by atoms with Crippen LogP contribution in [0.2, 0.25) is 0 Å². The van der Waals surface area contributed by atoms with E-state index in [2.05, 4.69) is 0 Å². The van der Waals surface area contributed by atoms with Crippen LogP contribution in [0.5, 0.6) is 0 Å². The number of benzene rings is 1. The van der Waals surface area contributed by atoms with E-state index >= 15 is 0 Å². The minimum atomic E-state index is -0.912. The fraction of sp³-hybridized carbons (Fsp3) is 0.500. The maximum atomic E-state index is 11.0. The first-order valence-corrected chi connectivity index (χ1v) is 6.48. The fourth-order valence-corrected chi connectivity index (χ4v) is 2.51. The van der Waals surface area contributed by atoms with E-state index in [0.29, 0.717) is 26.1 Å². The molecule has 0 spiro atoms. The van der Waals surface area contributed by atoms with Crippen LogP contribution in [0.4, 0.5) is 4.79 Å². The summed E-state index contributed by atoms with van der Waals surface area (Å²) >= 11 is 0. The molecule has 2 rings (SSSR count). The molecule has 5 nitrogen and oxygen atoms in total. The van der Waals surface area contributed by atoms with Gasteiger partial charge in [0.25, 0.3) is 0 Å². The molecule has 0 aromatic heterocycles. The quantitative estimate of drug-likeness (QED) is 0.862. The first kappa shape index (κ1) is 13.8. The van der Waals surface area contributed by atoms with Crippen LogP contribution in [0.25, 0.3) is 0 Å². The van der Waals surface area contributed by atoms with Gasteiger partial charge in [0.15, 0.2) is 0 Å². The molecule has 1 aromatic carbocycles. The minimum absolute atomic E-state index is 0.148. The molecule has 1 fully saturated rings.